The lowest BCUT2D eigenvalue weighted by molar-refractivity contribution is 0.288. The SMILES string of the molecule is CCOc1ccc(Nc2ncnc3cc(F)c(F)cc23)cc1OCC. The topological polar surface area (TPSA) is 56.3 Å². The van der Waals surface area contributed by atoms with Crippen LogP contribution in [-0.2, 0) is 0 Å². The molecule has 1 heterocycles. The smallest absolute Gasteiger partial charge is 0.163 e. The van der Waals surface area contributed by atoms with E-state index in [1.807, 2.05) is 13.8 Å². The van der Waals surface area contributed by atoms with Crippen LogP contribution in [0.3, 0.4) is 0 Å². The Kier molecular flexibility index (Phi) is 4.92. The van der Waals surface area contributed by atoms with Gasteiger partial charge in [-0.05, 0) is 32.0 Å². The van der Waals surface area contributed by atoms with Crippen LogP contribution in [0, 0.1) is 11.6 Å². The standard InChI is InChI=1S/C18H17F2N3O2/c1-3-24-16-6-5-11(7-17(16)25-4-2)23-18-12-8-13(19)14(20)9-15(12)21-10-22-18/h5-10H,3-4H2,1-2H3,(H,21,22,23). The molecule has 5 nitrogen and oxygen atoms in total. The highest BCUT2D eigenvalue weighted by Gasteiger charge is 2.11. The number of fused-ring (bicyclic) bond motifs is 1. The molecule has 7 heteroatoms. The van der Waals surface area contributed by atoms with E-state index in [1.165, 1.54) is 6.33 Å². The number of hydrogen-bond acceptors (Lipinski definition) is 5. The van der Waals surface area contributed by atoms with Gasteiger partial charge in [0, 0.05) is 23.2 Å². The first-order valence-corrected chi connectivity index (χ1v) is 7.88. The number of hydrogen-bond donors (Lipinski definition) is 1. The quantitative estimate of drug-likeness (QED) is 0.715. The van der Waals surface area contributed by atoms with E-state index in [-0.39, 0.29) is 0 Å². The summed E-state index contributed by atoms with van der Waals surface area (Å²) in [5.74, 6) is -0.306. The number of nitrogens with zero attached hydrogens (tertiary/aromatic N) is 2. The Morgan fingerprint density at radius 3 is 2.40 bits per heavy atom. The first-order valence-electron chi connectivity index (χ1n) is 7.88. The van der Waals surface area contributed by atoms with Crippen molar-refractivity contribution in [2.24, 2.45) is 0 Å². The second-order valence-corrected chi connectivity index (χ2v) is 5.16. The Balaban J connectivity index is 1.98. The number of halogens is 2. The zero-order valence-electron chi connectivity index (χ0n) is 13.8. The van der Waals surface area contributed by atoms with E-state index in [2.05, 4.69) is 15.3 Å². The van der Waals surface area contributed by atoms with Crippen LogP contribution < -0.4 is 14.8 Å². The molecule has 0 aliphatic heterocycles. The Labute approximate surface area is 143 Å². The Morgan fingerprint density at radius 2 is 1.64 bits per heavy atom. The van der Waals surface area contributed by atoms with E-state index in [4.69, 9.17) is 9.47 Å². The van der Waals surface area contributed by atoms with Crippen molar-refractivity contribution in [2.75, 3.05) is 18.5 Å². The van der Waals surface area contributed by atoms with Gasteiger partial charge in [0.2, 0.25) is 0 Å². The molecule has 0 spiro atoms. The zero-order chi connectivity index (χ0) is 17.8. The normalized spacial score (nSPS) is 10.7. The molecule has 25 heavy (non-hydrogen) atoms. The summed E-state index contributed by atoms with van der Waals surface area (Å²) < 4.78 is 38.1. The van der Waals surface area contributed by atoms with Crippen molar-refractivity contribution >= 4 is 22.4 Å². The summed E-state index contributed by atoms with van der Waals surface area (Å²) >= 11 is 0. The molecule has 0 saturated carbocycles. The van der Waals surface area contributed by atoms with Crippen LogP contribution in [0.5, 0.6) is 11.5 Å². The van der Waals surface area contributed by atoms with Gasteiger partial charge in [-0.25, -0.2) is 18.7 Å². The Hall–Kier alpha value is -2.96. The number of rotatable bonds is 6. The van der Waals surface area contributed by atoms with Gasteiger partial charge in [0.25, 0.3) is 0 Å². The summed E-state index contributed by atoms with van der Waals surface area (Å²) in [7, 11) is 0. The molecule has 0 saturated heterocycles. The lowest BCUT2D eigenvalue weighted by atomic mass is 10.2. The van der Waals surface area contributed by atoms with E-state index in [1.54, 1.807) is 18.2 Å². The van der Waals surface area contributed by atoms with Crippen molar-refractivity contribution in [3.63, 3.8) is 0 Å². The van der Waals surface area contributed by atoms with Crippen LogP contribution in [0.25, 0.3) is 10.9 Å². The molecule has 2 aromatic carbocycles. The van der Waals surface area contributed by atoms with E-state index in [9.17, 15) is 8.78 Å². The van der Waals surface area contributed by atoms with Crippen molar-refractivity contribution < 1.29 is 18.3 Å². The van der Waals surface area contributed by atoms with Gasteiger partial charge in [-0.15, -0.1) is 0 Å². The number of anilines is 2. The van der Waals surface area contributed by atoms with Crippen LogP contribution in [0.15, 0.2) is 36.7 Å². The number of nitrogens with one attached hydrogen (secondary N) is 1. The maximum absolute atomic E-state index is 13.6. The van der Waals surface area contributed by atoms with Gasteiger partial charge < -0.3 is 14.8 Å². The maximum Gasteiger partial charge on any atom is 0.163 e. The molecular formula is C18H17F2N3O2. The Bertz CT molecular complexity index is 903. The summed E-state index contributed by atoms with van der Waals surface area (Å²) in [5, 5.41) is 3.47. The minimum atomic E-state index is -0.952. The molecular weight excluding hydrogens is 328 g/mol. The van der Waals surface area contributed by atoms with Gasteiger partial charge in [0.15, 0.2) is 23.1 Å². The summed E-state index contributed by atoms with van der Waals surface area (Å²) in [6.07, 6.45) is 1.29. The predicted molar refractivity (Wildman–Crippen MR) is 91.5 cm³/mol. The first kappa shape index (κ1) is 16.9. The van der Waals surface area contributed by atoms with Crippen molar-refractivity contribution in [3.8, 4) is 11.5 Å². The minimum Gasteiger partial charge on any atom is -0.490 e. The monoisotopic (exact) mass is 345 g/mol. The van der Waals surface area contributed by atoms with Gasteiger partial charge in [0.05, 0.1) is 18.7 Å². The average molecular weight is 345 g/mol. The molecule has 0 bridgehead atoms. The third-order valence-corrected chi connectivity index (χ3v) is 3.48. The zero-order valence-corrected chi connectivity index (χ0v) is 13.8. The number of benzene rings is 2. The number of ether oxygens (including phenoxy) is 2. The molecule has 0 fully saturated rings. The minimum absolute atomic E-state index is 0.312. The second-order valence-electron chi connectivity index (χ2n) is 5.16. The molecule has 130 valence electrons. The molecule has 0 atom stereocenters. The fraction of sp³-hybridized carbons (Fsp3) is 0.222. The molecule has 1 aromatic heterocycles. The molecule has 3 aromatic rings. The highest BCUT2D eigenvalue weighted by atomic mass is 19.2. The third-order valence-electron chi connectivity index (χ3n) is 3.48. The van der Waals surface area contributed by atoms with Crippen molar-refractivity contribution in [3.05, 3.63) is 48.3 Å². The molecule has 0 unspecified atom stereocenters. The molecule has 0 amide bonds. The first-order chi connectivity index (χ1) is 12.1. The van der Waals surface area contributed by atoms with Crippen LogP contribution in [0.2, 0.25) is 0 Å². The predicted octanol–water partition coefficient (Wildman–Crippen LogP) is 4.45. The lowest BCUT2D eigenvalue weighted by Gasteiger charge is -2.14. The highest BCUT2D eigenvalue weighted by molar-refractivity contribution is 5.90. The van der Waals surface area contributed by atoms with Crippen molar-refractivity contribution in [1.82, 2.24) is 9.97 Å². The summed E-state index contributed by atoms with van der Waals surface area (Å²) in [6, 6.07) is 7.45. The highest BCUT2D eigenvalue weighted by Crippen LogP contribution is 2.33. The number of aromatic nitrogens is 2. The van der Waals surface area contributed by atoms with E-state index in [0.29, 0.717) is 47.1 Å². The van der Waals surface area contributed by atoms with Gasteiger partial charge in [0.1, 0.15) is 12.1 Å². The molecule has 0 radical (unpaired) electrons. The Morgan fingerprint density at radius 1 is 0.920 bits per heavy atom. The fourth-order valence-corrected chi connectivity index (χ4v) is 2.42. The average Bonchev–Trinajstić information content (AvgIpc) is 2.59. The van der Waals surface area contributed by atoms with E-state index < -0.39 is 11.6 Å². The summed E-state index contributed by atoms with van der Waals surface area (Å²) in [6.45, 7) is 4.78. The van der Waals surface area contributed by atoms with Crippen LogP contribution >= 0.6 is 0 Å². The summed E-state index contributed by atoms with van der Waals surface area (Å²) in [5.41, 5.74) is 0.990. The van der Waals surface area contributed by atoms with Crippen LogP contribution in [-0.4, -0.2) is 23.2 Å². The molecule has 3 rings (SSSR count). The second kappa shape index (κ2) is 7.29. The van der Waals surface area contributed by atoms with Gasteiger partial charge in [-0.2, -0.15) is 0 Å². The lowest BCUT2D eigenvalue weighted by Crippen LogP contribution is -2.01. The van der Waals surface area contributed by atoms with E-state index in [0.717, 1.165) is 12.1 Å². The largest absolute Gasteiger partial charge is 0.490 e. The molecule has 1 N–H and O–H groups in total. The molecule has 0 aliphatic rings. The van der Waals surface area contributed by atoms with Gasteiger partial charge in [-0.1, -0.05) is 0 Å². The van der Waals surface area contributed by atoms with Crippen molar-refractivity contribution in [1.29, 1.82) is 0 Å². The maximum atomic E-state index is 13.6. The van der Waals surface area contributed by atoms with E-state index >= 15 is 0 Å². The fourth-order valence-electron chi connectivity index (χ4n) is 2.42. The van der Waals surface area contributed by atoms with Gasteiger partial charge >= 0.3 is 0 Å². The third kappa shape index (κ3) is 3.60. The molecule has 0 aliphatic carbocycles. The van der Waals surface area contributed by atoms with Gasteiger partial charge in [-0.3, -0.25) is 0 Å². The van der Waals surface area contributed by atoms with Crippen molar-refractivity contribution in [2.45, 2.75) is 13.8 Å². The van der Waals surface area contributed by atoms with Crippen LogP contribution in [0.4, 0.5) is 20.3 Å². The van der Waals surface area contributed by atoms with Crippen LogP contribution in [0.1, 0.15) is 13.8 Å². The summed E-state index contributed by atoms with van der Waals surface area (Å²) in [4.78, 5) is 8.09.